The van der Waals surface area contributed by atoms with Crippen LogP contribution in [0.5, 0.6) is 5.75 Å². The number of halogens is 1. The molecule has 37 heavy (non-hydrogen) atoms. The van der Waals surface area contributed by atoms with Crippen molar-refractivity contribution in [2.24, 2.45) is 11.8 Å². The second-order valence-corrected chi connectivity index (χ2v) is 11.2. The molecule has 1 saturated heterocycles. The number of hydrogen-bond donors (Lipinski definition) is 2. The number of nitrogens with one attached hydrogen (secondary N) is 1. The SMILES string of the molecule is COc1ccc(S(=O)(=O)N(Cc2ccncc2)[C@@H](C(=O)NO)C2CCN(C(=O)CC(C)C)CC2)cc1.Cl. The maximum Gasteiger partial charge on any atom is 0.262 e. The van der Waals surface area contributed by atoms with Crippen molar-refractivity contribution in [3.05, 3.63) is 54.4 Å². The molecule has 2 aromatic rings. The molecule has 2 amide bonds. The van der Waals surface area contributed by atoms with Crippen LogP contribution in [-0.2, 0) is 26.2 Å². The molecule has 1 fully saturated rings. The molecule has 0 spiro atoms. The Hall–Kier alpha value is -2.73. The number of hydroxylamine groups is 1. The zero-order chi connectivity index (χ0) is 26.3. The number of nitrogens with zero attached hydrogens (tertiary/aromatic N) is 3. The normalized spacial score (nSPS) is 15.2. The van der Waals surface area contributed by atoms with Crippen molar-refractivity contribution in [3.63, 3.8) is 0 Å². The van der Waals surface area contributed by atoms with Gasteiger partial charge in [0.25, 0.3) is 5.91 Å². The Morgan fingerprint density at radius 1 is 1.14 bits per heavy atom. The van der Waals surface area contributed by atoms with Crippen molar-refractivity contribution in [1.82, 2.24) is 19.7 Å². The van der Waals surface area contributed by atoms with Crippen LogP contribution >= 0.6 is 12.4 Å². The minimum absolute atomic E-state index is 0. The molecule has 0 unspecified atom stereocenters. The molecule has 0 bridgehead atoms. The van der Waals surface area contributed by atoms with E-state index in [1.165, 1.54) is 31.4 Å². The second-order valence-electron chi connectivity index (χ2n) is 9.32. The van der Waals surface area contributed by atoms with Gasteiger partial charge in [0.15, 0.2) is 0 Å². The molecule has 0 radical (unpaired) electrons. The first-order chi connectivity index (χ1) is 17.2. The van der Waals surface area contributed by atoms with E-state index in [1.807, 2.05) is 13.8 Å². The Morgan fingerprint density at radius 2 is 1.73 bits per heavy atom. The van der Waals surface area contributed by atoms with Gasteiger partial charge in [-0.25, -0.2) is 13.9 Å². The highest BCUT2D eigenvalue weighted by Crippen LogP contribution is 2.31. The fourth-order valence-electron chi connectivity index (χ4n) is 4.47. The fraction of sp³-hybridized carbons (Fsp3) is 0.480. The number of aromatic nitrogens is 1. The second kappa shape index (κ2) is 13.7. The number of benzene rings is 1. The molecular formula is C25H35ClN4O6S. The quantitative estimate of drug-likeness (QED) is 0.341. The van der Waals surface area contributed by atoms with Gasteiger partial charge >= 0.3 is 0 Å². The first-order valence-electron chi connectivity index (χ1n) is 11.9. The van der Waals surface area contributed by atoms with Crippen LogP contribution in [0.3, 0.4) is 0 Å². The highest BCUT2D eigenvalue weighted by molar-refractivity contribution is 7.89. The maximum absolute atomic E-state index is 13.9. The summed E-state index contributed by atoms with van der Waals surface area (Å²) in [6.45, 7) is 4.69. The molecule has 1 aliphatic rings. The van der Waals surface area contributed by atoms with E-state index in [4.69, 9.17) is 4.74 Å². The minimum atomic E-state index is -4.17. The molecule has 0 aliphatic carbocycles. The van der Waals surface area contributed by atoms with E-state index in [0.717, 1.165) is 4.31 Å². The molecule has 0 saturated carbocycles. The van der Waals surface area contributed by atoms with E-state index in [2.05, 4.69) is 4.98 Å². The number of methoxy groups -OCH3 is 1. The highest BCUT2D eigenvalue weighted by atomic mass is 35.5. The number of carbonyl (C=O) groups is 2. The van der Waals surface area contributed by atoms with E-state index < -0.39 is 27.9 Å². The summed E-state index contributed by atoms with van der Waals surface area (Å²) in [7, 11) is -2.68. The largest absolute Gasteiger partial charge is 0.497 e. The molecule has 1 aromatic carbocycles. The zero-order valence-corrected chi connectivity index (χ0v) is 22.9. The van der Waals surface area contributed by atoms with Crippen molar-refractivity contribution in [2.45, 2.75) is 50.6 Å². The molecule has 10 nitrogen and oxygen atoms in total. The Balaban J connectivity index is 0.00000481. The number of carbonyl (C=O) groups excluding carboxylic acids is 2. The number of rotatable bonds is 10. The lowest BCUT2D eigenvalue weighted by molar-refractivity contribution is -0.137. The van der Waals surface area contributed by atoms with Crippen molar-refractivity contribution < 1.29 is 28.0 Å². The Morgan fingerprint density at radius 3 is 2.24 bits per heavy atom. The van der Waals surface area contributed by atoms with E-state index in [9.17, 15) is 23.2 Å². The van der Waals surface area contributed by atoms with Crippen LogP contribution < -0.4 is 10.2 Å². The van der Waals surface area contributed by atoms with E-state index >= 15 is 0 Å². The van der Waals surface area contributed by atoms with Gasteiger partial charge in [0.05, 0.1) is 12.0 Å². The first kappa shape index (κ1) is 30.5. The van der Waals surface area contributed by atoms with Gasteiger partial charge in [-0.15, -0.1) is 12.4 Å². The van der Waals surface area contributed by atoms with Crippen LogP contribution in [0.15, 0.2) is 53.7 Å². The third kappa shape index (κ3) is 7.64. The van der Waals surface area contributed by atoms with E-state index in [-0.39, 0.29) is 35.7 Å². The number of pyridine rings is 1. The number of sulfonamides is 1. The van der Waals surface area contributed by atoms with Crippen molar-refractivity contribution in [3.8, 4) is 5.75 Å². The van der Waals surface area contributed by atoms with Gasteiger partial charge in [0, 0.05) is 38.4 Å². The fourth-order valence-corrected chi connectivity index (χ4v) is 6.11. The van der Waals surface area contributed by atoms with Crippen molar-refractivity contribution >= 4 is 34.2 Å². The van der Waals surface area contributed by atoms with Gasteiger partial charge in [-0.3, -0.25) is 19.8 Å². The number of hydrogen-bond acceptors (Lipinski definition) is 7. The maximum atomic E-state index is 13.9. The number of amides is 2. The molecule has 2 N–H and O–H groups in total. The van der Waals surface area contributed by atoms with Gasteiger partial charge in [0.2, 0.25) is 15.9 Å². The lowest BCUT2D eigenvalue weighted by Crippen LogP contribution is -2.55. The monoisotopic (exact) mass is 554 g/mol. The third-order valence-corrected chi connectivity index (χ3v) is 8.21. The highest BCUT2D eigenvalue weighted by Gasteiger charge is 2.42. The Labute approximate surface area is 224 Å². The summed E-state index contributed by atoms with van der Waals surface area (Å²) in [4.78, 5) is 31.3. The topological polar surface area (TPSA) is 129 Å². The smallest absolute Gasteiger partial charge is 0.262 e. The zero-order valence-electron chi connectivity index (χ0n) is 21.2. The predicted octanol–water partition coefficient (Wildman–Crippen LogP) is 2.86. The summed E-state index contributed by atoms with van der Waals surface area (Å²) >= 11 is 0. The Kier molecular flexibility index (Phi) is 11.3. The molecule has 3 rings (SSSR count). The number of likely N-dealkylation sites (tertiary alicyclic amines) is 1. The lowest BCUT2D eigenvalue weighted by atomic mass is 9.88. The number of ether oxygens (including phenoxy) is 1. The third-order valence-electron chi connectivity index (χ3n) is 6.36. The summed E-state index contributed by atoms with van der Waals surface area (Å²) in [6, 6.07) is 8.10. The lowest BCUT2D eigenvalue weighted by Gasteiger charge is -2.39. The molecule has 2 heterocycles. The van der Waals surface area contributed by atoms with Crippen LogP contribution in [0.2, 0.25) is 0 Å². The summed E-state index contributed by atoms with van der Waals surface area (Å²) < 4.78 is 34.0. The van der Waals surface area contributed by atoms with Gasteiger partial charge < -0.3 is 9.64 Å². The van der Waals surface area contributed by atoms with Gasteiger partial charge in [0.1, 0.15) is 11.8 Å². The van der Waals surface area contributed by atoms with E-state index in [1.54, 1.807) is 34.9 Å². The Bertz CT molecular complexity index is 1120. The van der Waals surface area contributed by atoms with Gasteiger partial charge in [-0.1, -0.05) is 13.8 Å². The summed E-state index contributed by atoms with van der Waals surface area (Å²) in [5.41, 5.74) is 2.31. The molecular weight excluding hydrogens is 520 g/mol. The molecule has 1 atom stereocenters. The van der Waals surface area contributed by atoms with E-state index in [0.29, 0.717) is 43.7 Å². The first-order valence-corrected chi connectivity index (χ1v) is 13.4. The average molecular weight is 555 g/mol. The van der Waals surface area contributed by atoms with Crippen molar-refractivity contribution in [1.29, 1.82) is 0 Å². The van der Waals surface area contributed by atoms with Crippen LogP contribution in [0, 0.1) is 11.8 Å². The van der Waals surface area contributed by atoms with Crippen LogP contribution in [0.1, 0.15) is 38.7 Å². The summed E-state index contributed by atoms with van der Waals surface area (Å²) in [5, 5.41) is 9.58. The van der Waals surface area contributed by atoms with Gasteiger partial charge in [-0.05, 0) is 66.6 Å². The van der Waals surface area contributed by atoms with Crippen LogP contribution in [0.4, 0.5) is 0 Å². The summed E-state index contributed by atoms with van der Waals surface area (Å²) in [6.07, 6.45) is 4.38. The van der Waals surface area contributed by atoms with Crippen LogP contribution in [0.25, 0.3) is 0 Å². The molecule has 1 aliphatic heterocycles. The van der Waals surface area contributed by atoms with Crippen molar-refractivity contribution in [2.75, 3.05) is 20.2 Å². The summed E-state index contributed by atoms with van der Waals surface area (Å²) in [5.74, 6) is -0.444. The predicted molar refractivity (Wildman–Crippen MR) is 140 cm³/mol. The number of piperidine rings is 1. The molecule has 12 heteroatoms. The van der Waals surface area contributed by atoms with Crippen LogP contribution in [-0.4, -0.2) is 65.9 Å². The minimum Gasteiger partial charge on any atom is -0.497 e. The molecule has 204 valence electrons. The average Bonchev–Trinajstić information content (AvgIpc) is 2.88. The molecule has 1 aromatic heterocycles. The standard InChI is InChI=1S/C25H34N4O6S.ClH/c1-18(2)16-23(30)28-14-10-20(11-15-28)24(25(31)27-32)29(17-19-8-12-26-13-9-19)36(33,34)22-6-4-21(35-3)5-7-22;/h4-9,12-13,18,20,24,32H,10-11,14-17H2,1-3H3,(H,27,31);1H/t24-;/m1./s1. The van der Waals surface area contributed by atoms with Gasteiger partial charge in [-0.2, -0.15) is 4.31 Å².